The first kappa shape index (κ1) is 34.9. The summed E-state index contributed by atoms with van der Waals surface area (Å²) in [4.78, 5) is 48.2. The van der Waals surface area contributed by atoms with E-state index in [1.807, 2.05) is 31.2 Å². The zero-order chi connectivity index (χ0) is 37.0. The lowest BCUT2D eigenvalue weighted by atomic mass is 9.92. The van der Waals surface area contributed by atoms with Gasteiger partial charge < -0.3 is 29.9 Å². The lowest BCUT2D eigenvalue weighted by molar-refractivity contribution is -0.125. The number of halogens is 1. The Balaban J connectivity index is 0.920. The number of fused-ring (bicyclic) bond motifs is 7. The Hall–Kier alpha value is -5.13. The second kappa shape index (κ2) is 14.0. The number of rotatable bonds is 11. The maximum absolute atomic E-state index is 14.1. The molecule has 8 rings (SSSR count). The van der Waals surface area contributed by atoms with Crippen LogP contribution in [0.15, 0.2) is 59.6 Å². The van der Waals surface area contributed by atoms with Crippen molar-refractivity contribution in [3.63, 3.8) is 0 Å². The van der Waals surface area contributed by atoms with Gasteiger partial charge in [0.25, 0.3) is 11.8 Å². The minimum absolute atomic E-state index is 0.00760. The van der Waals surface area contributed by atoms with Gasteiger partial charge in [0.2, 0.25) is 5.91 Å². The monoisotopic (exact) mass is 736 g/mol. The Morgan fingerprint density at radius 3 is 2.68 bits per heavy atom. The van der Waals surface area contributed by atoms with Crippen LogP contribution in [-0.2, 0) is 16.0 Å². The molecule has 0 spiro atoms. The number of nitrogens with zero attached hydrogens (tertiary/aromatic N) is 3. The number of methoxy groups -OCH3 is 1. The number of carbonyl (C=O) groups excluding carboxylic acids is 3. The van der Waals surface area contributed by atoms with Crippen molar-refractivity contribution in [3.8, 4) is 17.2 Å². The molecule has 3 aliphatic heterocycles. The standard InChI is InChI=1S/C41H41ClN4O7/c1-22-6-5-7-28-33(47)18-32-38(37(22)28)25(19-42)21-45(32)36(48)8-3-4-13-53-35-17-30-29(16-34(35)52-2)41(51)46-27(20-43-30)14-24-11-12-26(15-31(24)46)44-40(50)39(49)23-9-10-23/h5-7,11-12,15-18,20,23,25,27,39,47,49H,3-4,8-10,13-14,19,21H2,1-2H3,(H,44,50)/t25-,27+,39-/m1/s1. The zero-order valence-corrected chi connectivity index (χ0v) is 30.4. The second-order valence-corrected chi connectivity index (χ2v) is 14.7. The molecule has 1 aliphatic carbocycles. The number of hydrogen-bond acceptors (Lipinski definition) is 8. The summed E-state index contributed by atoms with van der Waals surface area (Å²) in [5.41, 5.74) is 5.75. The number of alkyl halides is 1. The molecule has 0 aromatic heterocycles. The van der Waals surface area contributed by atoms with Gasteiger partial charge in [-0.15, -0.1) is 11.6 Å². The van der Waals surface area contributed by atoms with Crippen molar-refractivity contribution < 1.29 is 34.1 Å². The fourth-order valence-electron chi connectivity index (χ4n) is 7.91. The molecule has 3 atom stereocenters. The fraction of sp³-hybridized carbons (Fsp3) is 0.366. The quantitative estimate of drug-likeness (QED) is 0.114. The van der Waals surface area contributed by atoms with Gasteiger partial charge in [0.05, 0.1) is 42.4 Å². The van der Waals surface area contributed by atoms with E-state index in [1.165, 1.54) is 7.11 Å². The van der Waals surface area contributed by atoms with Gasteiger partial charge in [0, 0.05) is 60.6 Å². The molecule has 4 aromatic carbocycles. The number of hydrogen-bond donors (Lipinski definition) is 3. The molecule has 11 nitrogen and oxygen atoms in total. The Morgan fingerprint density at radius 1 is 1.08 bits per heavy atom. The number of carbonyl (C=O) groups is 3. The summed E-state index contributed by atoms with van der Waals surface area (Å²) in [7, 11) is 1.52. The summed E-state index contributed by atoms with van der Waals surface area (Å²) >= 11 is 6.39. The molecule has 4 aliphatic rings. The van der Waals surface area contributed by atoms with Crippen LogP contribution in [0.1, 0.15) is 65.1 Å². The largest absolute Gasteiger partial charge is 0.507 e. The molecule has 12 heteroatoms. The highest BCUT2D eigenvalue weighted by atomic mass is 35.5. The first-order valence-electron chi connectivity index (χ1n) is 18.1. The van der Waals surface area contributed by atoms with Gasteiger partial charge in [-0.2, -0.15) is 0 Å². The number of phenolic OH excluding ortho intramolecular Hbond substituents is 1. The van der Waals surface area contributed by atoms with Gasteiger partial charge in [-0.25, -0.2) is 0 Å². The third-order valence-electron chi connectivity index (χ3n) is 10.8. The number of aromatic hydroxyl groups is 1. The van der Waals surface area contributed by atoms with E-state index in [4.69, 9.17) is 21.1 Å². The van der Waals surface area contributed by atoms with Crippen LogP contribution in [0, 0.1) is 12.8 Å². The summed E-state index contributed by atoms with van der Waals surface area (Å²) in [6.07, 6.45) is 4.45. The molecule has 0 unspecified atom stereocenters. The van der Waals surface area contributed by atoms with Crippen LogP contribution in [0.4, 0.5) is 22.7 Å². The van der Waals surface area contributed by atoms with Crippen LogP contribution >= 0.6 is 11.6 Å². The topological polar surface area (TPSA) is 141 Å². The molecule has 274 valence electrons. The predicted octanol–water partition coefficient (Wildman–Crippen LogP) is 6.78. The van der Waals surface area contributed by atoms with E-state index in [0.717, 1.165) is 46.0 Å². The van der Waals surface area contributed by atoms with E-state index in [9.17, 15) is 24.6 Å². The molecule has 3 N–H and O–H groups in total. The van der Waals surface area contributed by atoms with Crippen LogP contribution in [0.5, 0.6) is 17.2 Å². The summed E-state index contributed by atoms with van der Waals surface area (Å²) < 4.78 is 11.8. The Bertz CT molecular complexity index is 2180. The van der Waals surface area contributed by atoms with Gasteiger partial charge >= 0.3 is 0 Å². The van der Waals surface area contributed by atoms with Gasteiger partial charge in [0.15, 0.2) is 11.5 Å². The van der Waals surface area contributed by atoms with E-state index >= 15 is 0 Å². The van der Waals surface area contributed by atoms with E-state index in [0.29, 0.717) is 78.8 Å². The number of unbranched alkanes of at least 4 members (excludes halogenated alkanes) is 1. The van der Waals surface area contributed by atoms with E-state index < -0.39 is 12.0 Å². The van der Waals surface area contributed by atoms with Gasteiger partial charge in [-0.3, -0.25) is 24.3 Å². The van der Waals surface area contributed by atoms with E-state index in [2.05, 4.69) is 10.3 Å². The van der Waals surface area contributed by atoms with Crippen molar-refractivity contribution >= 4 is 69.1 Å². The number of aliphatic hydroxyl groups excluding tert-OH is 1. The summed E-state index contributed by atoms with van der Waals surface area (Å²) in [6.45, 7) is 2.79. The molecular weight excluding hydrogens is 696 g/mol. The number of anilines is 3. The van der Waals surface area contributed by atoms with Gasteiger partial charge in [-0.1, -0.05) is 24.3 Å². The molecule has 3 heterocycles. The van der Waals surface area contributed by atoms with E-state index in [-0.39, 0.29) is 35.4 Å². The van der Waals surface area contributed by atoms with Crippen molar-refractivity contribution in [2.45, 2.75) is 63.5 Å². The lowest BCUT2D eigenvalue weighted by Gasteiger charge is -2.22. The van der Waals surface area contributed by atoms with Crippen molar-refractivity contribution in [1.29, 1.82) is 0 Å². The number of benzene rings is 4. The molecule has 3 amide bonds. The SMILES string of the molecule is COc1cc2c(cc1OCCCCC(=O)N1C[C@@H](CCl)c3c1cc(O)c1cccc(C)c31)N=C[C@@H]1Cc3ccc(NC(=O)[C@H](O)C4CC4)cc3N1C2=O. The molecule has 1 fully saturated rings. The molecule has 53 heavy (non-hydrogen) atoms. The van der Waals surface area contributed by atoms with Crippen LogP contribution in [0.3, 0.4) is 0 Å². The summed E-state index contributed by atoms with van der Waals surface area (Å²) in [5.74, 6) is 0.610. The Labute approximate surface area is 312 Å². The summed E-state index contributed by atoms with van der Waals surface area (Å²) in [6, 6.07) is 16.0. The van der Waals surface area contributed by atoms with Crippen LogP contribution < -0.4 is 24.6 Å². The third kappa shape index (κ3) is 6.35. The molecule has 0 bridgehead atoms. The third-order valence-corrected chi connectivity index (χ3v) is 11.2. The highest BCUT2D eigenvalue weighted by Gasteiger charge is 2.39. The highest BCUT2D eigenvalue weighted by Crippen LogP contribution is 2.47. The fourth-order valence-corrected chi connectivity index (χ4v) is 8.16. The van der Waals surface area contributed by atoms with Crippen LogP contribution in [0.2, 0.25) is 0 Å². The molecule has 0 radical (unpaired) electrons. The van der Waals surface area contributed by atoms with E-state index in [1.54, 1.807) is 46.3 Å². The molecule has 1 saturated carbocycles. The van der Waals surface area contributed by atoms with Crippen molar-refractivity contribution in [2.24, 2.45) is 10.9 Å². The second-order valence-electron chi connectivity index (χ2n) is 14.3. The number of nitrogens with one attached hydrogen (secondary N) is 1. The van der Waals surface area contributed by atoms with Gasteiger partial charge in [0.1, 0.15) is 11.9 Å². The normalized spacial score (nSPS) is 19.0. The average Bonchev–Trinajstić information content (AvgIpc) is 3.87. The maximum atomic E-state index is 14.1. The molecular formula is C41H41ClN4O7. The summed E-state index contributed by atoms with van der Waals surface area (Å²) in [5, 5.41) is 25.6. The van der Waals surface area contributed by atoms with Crippen molar-refractivity contribution in [3.05, 3.63) is 76.9 Å². The minimum atomic E-state index is -1.04. The highest BCUT2D eigenvalue weighted by molar-refractivity contribution is 6.19. The number of aliphatic hydroxyl groups is 1. The Morgan fingerprint density at radius 2 is 1.91 bits per heavy atom. The van der Waals surface area contributed by atoms with Crippen molar-refractivity contribution in [2.75, 3.05) is 41.3 Å². The minimum Gasteiger partial charge on any atom is -0.507 e. The number of ether oxygens (including phenoxy) is 2. The molecule has 4 aromatic rings. The Kier molecular flexibility index (Phi) is 9.24. The first-order chi connectivity index (χ1) is 25.7. The van der Waals surface area contributed by atoms with Crippen LogP contribution in [0.25, 0.3) is 10.8 Å². The smallest absolute Gasteiger partial charge is 0.261 e. The first-order valence-corrected chi connectivity index (χ1v) is 18.7. The predicted molar refractivity (Wildman–Crippen MR) is 205 cm³/mol. The van der Waals surface area contributed by atoms with Crippen LogP contribution in [-0.4, -0.2) is 72.4 Å². The number of phenols is 1. The number of amides is 3. The average molecular weight is 737 g/mol. The lowest BCUT2D eigenvalue weighted by Crippen LogP contribution is -2.37. The number of aliphatic imine (C=N–C) groups is 1. The number of aryl methyl sites for hydroxylation is 1. The molecule has 0 saturated heterocycles. The zero-order valence-electron chi connectivity index (χ0n) is 29.6. The maximum Gasteiger partial charge on any atom is 0.261 e. The van der Waals surface area contributed by atoms with Crippen molar-refractivity contribution in [1.82, 2.24) is 0 Å². The van der Waals surface area contributed by atoms with Gasteiger partial charge in [-0.05, 0) is 78.8 Å².